The lowest BCUT2D eigenvalue weighted by atomic mass is 10.0. The van der Waals surface area contributed by atoms with E-state index in [1.807, 2.05) is 56.3 Å². The second-order valence-electron chi connectivity index (χ2n) is 5.03. The van der Waals surface area contributed by atoms with Crippen molar-refractivity contribution in [3.8, 4) is 0 Å². The number of aliphatic carboxylic acids is 1. The van der Waals surface area contributed by atoms with Crippen LogP contribution in [-0.2, 0) is 11.2 Å². The standard InChI is InChI=1S/C17H17ClO2S/c1-11-3-7-15(8-4-11)21-16(17(19)20)10-13-9-14(18)6-5-12(13)2/h3-9,16H,10H2,1-2H3,(H,19,20). The van der Waals surface area contributed by atoms with Crippen LogP contribution in [0.3, 0.4) is 0 Å². The van der Waals surface area contributed by atoms with E-state index >= 15 is 0 Å². The molecule has 0 heterocycles. The smallest absolute Gasteiger partial charge is 0.317 e. The molecule has 0 aliphatic carbocycles. The molecule has 110 valence electrons. The fraction of sp³-hybridized carbons (Fsp3) is 0.235. The van der Waals surface area contributed by atoms with Crippen LogP contribution in [0.1, 0.15) is 16.7 Å². The Morgan fingerprint density at radius 2 is 1.86 bits per heavy atom. The minimum Gasteiger partial charge on any atom is -0.480 e. The van der Waals surface area contributed by atoms with Crippen LogP contribution in [0.15, 0.2) is 47.4 Å². The Morgan fingerprint density at radius 3 is 2.48 bits per heavy atom. The molecule has 0 spiro atoms. The minimum absolute atomic E-state index is 0.459. The molecule has 0 aliphatic rings. The van der Waals surface area contributed by atoms with E-state index in [0.29, 0.717) is 11.4 Å². The molecule has 2 aromatic rings. The first kappa shape index (κ1) is 15.9. The number of hydrogen-bond donors (Lipinski definition) is 1. The number of aryl methyl sites for hydroxylation is 2. The highest BCUT2D eigenvalue weighted by Crippen LogP contribution is 2.28. The molecule has 0 saturated heterocycles. The van der Waals surface area contributed by atoms with E-state index < -0.39 is 11.2 Å². The van der Waals surface area contributed by atoms with Crippen LogP contribution in [-0.4, -0.2) is 16.3 Å². The zero-order valence-corrected chi connectivity index (χ0v) is 13.5. The van der Waals surface area contributed by atoms with Crippen LogP contribution in [0.2, 0.25) is 5.02 Å². The number of hydrogen-bond acceptors (Lipinski definition) is 2. The van der Waals surface area contributed by atoms with E-state index in [4.69, 9.17) is 11.6 Å². The Balaban J connectivity index is 2.17. The number of halogens is 1. The molecule has 0 amide bonds. The molecule has 0 radical (unpaired) electrons. The average molecular weight is 321 g/mol. The molecule has 0 fully saturated rings. The van der Waals surface area contributed by atoms with Crippen molar-refractivity contribution in [2.75, 3.05) is 0 Å². The molecular formula is C17H17ClO2S. The van der Waals surface area contributed by atoms with Gasteiger partial charge in [0, 0.05) is 9.92 Å². The number of benzene rings is 2. The lowest BCUT2D eigenvalue weighted by Crippen LogP contribution is -2.19. The van der Waals surface area contributed by atoms with Crippen LogP contribution in [0.5, 0.6) is 0 Å². The van der Waals surface area contributed by atoms with Gasteiger partial charge in [-0.2, -0.15) is 0 Å². The molecule has 1 atom stereocenters. The van der Waals surface area contributed by atoms with Gasteiger partial charge < -0.3 is 5.11 Å². The van der Waals surface area contributed by atoms with Crippen molar-refractivity contribution in [1.29, 1.82) is 0 Å². The molecule has 2 rings (SSSR count). The Bertz CT molecular complexity index is 638. The molecule has 0 aliphatic heterocycles. The molecule has 21 heavy (non-hydrogen) atoms. The minimum atomic E-state index is -0.806. The zero-order valence-electron chi connectivity index (χ0n) is 12.0. The van der Waals surface area contributed by atoms with Gasteiger partial charge in [-0.05, 0) is 55.7 Å². The van der Waals surface area contributed by atoms with Gasteiger partial charge in [0.15, 0.2) is 0 Å². The SMILES string of the molecule is Cc1ccc(SC(Cc2cc(Cl)ccc2C)C(=O)O)cc1. The van der Waals surface area contributed by atoms with Gasteiger partial charge >= 0.3 is 5.97 Å². The highest BCUT2D eigenvalue weighted by molar-refractivity contribution is 8.00. The highest BCUT2D eigenvalue weighted by Gasteiger charge is 2.20. The lowest BCUT2D eigenvalue weighted by molar-refractivity contribution is -0.136. The zero-order chi connectivity index (χ0) is 15.4. The van der Waals surface area contributed by atoms with E-state index in [1.54, 1.807) is 0 Å². The van der Waals surface area contributed by atoms with Gasteiger partial charge in [-0.25, -0.2) is 0 Å². The molecule has 2 nitrogen and oxygen atoms in total. The van der Waals surface area contributed by atoms with E-state index in [0.717, 1.165) is 21.6 Å². The topological polar surface area (TPSA) is 37.3 Å². The maximum Gasteiger partial charge on any atom is 0.317 e. The van der Waals surface area contributed by atoms with Gasteiger partial charge in [-0.15, -0.1) is 11.8 Å². The summed E-state index contributed by atoms with van der Waals surface area (Å²) in [6.07, 6.45) is 0.459. The van der Waals surface area contributed by atoms with Crippen molar-refractivity contribution in [2.24, 2.45) is 0 Å². The van der Waals surface area contributed by atoms with Gasteiger partial charge in [-0.3, -0.25) is 4.79 Å². The van der Waals surface area contributed by atoms with Crippen LogP contribution in [0.4, 0.5) is 0 Å². The third-order valence-corrected chi connectivity index (χ3v) is 4.72. The monoisotopic (exact) mass is 320 g/mol. The largest absolute Gasteiger partial charge is 0.480 e. The number of rotatable bonds is 5. The highest BCUT2D eigenvalue weighted by atomic mass is 35.5. The molecule has 0 bridgehead atoms. The summed E-state index contributed by atoms with van der Waals surface area (Å²) >= 11 is 7.38. The maximum absolute atomic E-state index is 11.5. The summed E-state index contributed by atoms with van der Waals surface area (Å²) in [6.45, 7) is 3.99. The van der Waals surface area contributed by atoms with Crippen molar-refractivity contribution in [3.63, 3.8) is 0 Å². The molecule has 1 N–H and O–H groups in total. The first-order chi connectivity index (χ1) is 9.95. The molecule has 2 aromatic carbocycles. The van der Waals surface area contributed by atoms with Gasteiger partial charge in [0.2, 0.25) is 0 Å². The van der Waals surface area contributed by atoms with E-state index in [1.165, 1.54) is 11.8 Å². The molecule has 4 heteroatoms. The van der Waals surface area contributed by atoms with E-state index in [9.17, 15) is 9.90 Å². The van der Waals surface area contributed by atoms with Crippen molar-refractivity contribution < 1.29 is 9.90 Å². The van der Waals surface area contributed by atoms with Gasteiger partial charge in [0.25, 0.3) is 0 Å². The summed E-state index contributed by atoms with van der Waals surface area (Å²) in [4.78, 5) is 12.5. The fourth-order valence-electron chi connectivity index (χ4n) is 2.02. The third kappa shape index (κ3) is 4.51. The normalized spacial score (nSPS) is 12.1. The van der Waals surface area contributed by atoms with E-state index in [-0.39, 0.29) is 0 Å². The Morgan fingerprint density at radius 1 is 1.19 bits per heavy atom. The lowest BCUT2D eigenvalue weighted by Gasteiger charge is -2.14. The van der Waals surface area contributed by atoms with E-state index in [2.05, 4.69) is 0 Å². The van der Waals surface area contributed by atoms with Crippen molar-refractivity contribution in [1.82, 2.24) is 0 Å². The summed E-state index contributed by atoms with van der Waals surface area (Å²) in [5.41, 5.74) is 3.21. The second kappa shape index (κ2) is 7.01. The van der Waals surface area contributed by atoms with Gasteiger partial charge in [0.05, 0.1) is 0 Å². The molecule has 1 unspecified atom stereocenters. The third-order valence-electron chi connectivity index (χ3n) is 3.29. The van der Waals surface area contributed by atoms with Crippen molar-refractivity contribution in [2.45, 2.75) is 30.4 Å². The first-order valence-electron chi connectivity index (χ1n) is 6.67. The van der Waals surface area contributed by atoms with Crippen molar-refractivity contribution >= 4 is 29.3 Å². The molecular weight excluding hydrogens is 304 g/mol. The molecule has 0 saturated carbocycles. The second-order valence-corrected chi connectivity index (χ2v) is 6.75. The number of carboxylic acids is 1. The Hall–Kier alpha value is -1.45. The average Bonchev–Trinajstić information content (AvgIpc) is 2.44. The summed E-state index contributed by atoms with van der Waals surface area (Å²) in [7, 11) is 0. The summed E-state index contributed by atoms with van der Waals surface area (Å²) in [6, 6.07) is 13.5. The summed E-state index contributed by atoms with van der Waals surface area (Å²) in [5.74, 6) is -0.806. The van der Waals surface area contributed by atoms with Gasteiger partial charge in [0.1, 0.15) is 5.25 Å². The Kier molecular flexibility index (Phi) is 5.32. The number of carboxylic acid groups (broad SMARTS) is 1. The predicted octanol–water partition coefficient (Wildman–Crippen LogP) is 4.74. The van der Waals surface area contributed by atoms with Crippen LogP contribution in [0, 0.1) is 13.8 Å². The van der Waals surface area contributed by atoms with Crippen LogP contribution >= 0.6 is 23.4 Å². The van der Waals surface area contributed by atoms with Crippen LogP contribution in [0.25, 0.3) is 0 Å². The summed E-state index contributed by atoms with van der Waals surface area (Å²) in [5, 5.41) is 9.57. The van der Waals surface area contributed by atoms with Gasteiger partial charge in [-0.1, -0.05) is 35.4 Å². The predicted molar refractivity (Wildman–Crippen MR) is 88.4 cm³/mol. The quantitative estimate of drug-likeness (QED) is 0.808. The first-order valence-corrected chi connectivity index (χ1v) is 7.92. The maximum atomic E-state index is 11.5. The number of thioether (sulfide) groups is 1. The fourth-order valence-corrected chi connectivity index (χ4v) is 3.20. The summed E-state index contributed by atoms with van der Waals surface area (Å²) < 4.78 is 0. The number of carbonyl (C=O) groups is 1. The van der Waals surface area contributed by atoms with Crippen molar-refractivity contribution in [3.05, 3.63) is 64.2 Å². The van der Waals surface area contributed by atoms with Crippen LogP contribution < -0.4 is 0 Å². The molecule has 0 aromatic heterocycles. The Labute approximate surface area is 134 Å².